The van der Waals surface area contributed by atoms with Crippen LogP contribution in [0.25, 0.3) is 0 Å². The maximum Gasteiger partial charge on any atom is 0.329 e. The fourth-order valence-corrected chi connectivity index (χ4v) is 0.945. The number of carbonyl (C=O) groups is 2. The Kier molecular flexibility index (Phi) is 3.71. The third-order valence-corrected chi connectivity index (χ3v) is 1.81. The molecule has 3 N–H and O–H groups in total. The fourth-order valence-electron chi connectivity index (χ4n) is 0.945. The second-order valence-electron chi connectivity index (χ2n) is 3.01. The Hall–Kier alpha value is -2.24. The molecule has 1 aromatic rings. The third kappa shape index (κ3) is 3.16. The van der Waals surface area contributed by atoms with Gasteiger partial charge in [0.2, 0.25) is 0 Å². The third-order valence-electron chi connectivity index (χ3n) is 1.81. The molecule has 0 bridgehead atoms. The predicted octanol–water partition coefficient (Wildman–Crippen LogP) is 0.151. The number of halogens is 1. The zero-order valence-electron chi connectivity index (χ0n) is 8.53. The molecule has 0 unspecified atom stereocenters. The zero-order chi connectivity index (χ0) is 12.1. The molecular formula is C10H10FN3O2. The van der Waals surface area contributed by atoms with E-state index >= 15 is 0 Å². The van der Waals surface area contributed by atoms with E-state index in [-0.39, 0.29) is 5.82 Å². The van der Waals surface area contributed by atoms with E-state index in [0.29, 0.717) is 11.3 Å². The molecule has 6 heteroatoms. The number of hydrogen-bond donors (Lipinski definition) is 2. The molecule has 2 amide bonds. The van der Waals surface area contributed by atoms with Gasteiger partial charge in [0, 0.05) is 0 Å². The average molecular weight is 223 g/mol. The summed E-state index contributed by atoms with van der Waals surface area (Å²) in [4.78, 5) is 21.2. The molecule has 0 aromatic heterocycles. The van der Waals surface area contributed by atoms with Gasteiger partial charge in [0.15, 0.2) is 0 Å². The summed E-state index contributed by atoms with van der Waals surface area (Å²) in [6, 6.07) is 5.55. The van der Waals surface area contributed by atoms with Gasteiger partial charge in [-0.15, -0.1) is 0 Å². The van der Waals surface area contributed by atoms with Gasteiger partial charge < -0.3 is 5.73 Å². The number of nitrogens with one attached hydrogen (secondary N) is 1. The van der Waals surface area contributed by atoms with E-state index in [1.54, 1.807) is 6.92 Å². The van der Waals surface area contributed by atoms with Crippen LogP contribution >= 0.6 is 0 Å². The van der Waals surface area contributed by atoms with Crippen LogP contribution in [0.2, 0.25) is 0 Å². The largest absolute Gasteiger partial charge is 0.361 e. The van der Waals surface area contributed by atoms with Crippen molar-refractivity contribution in [3.05, 3.63) is 35.6 Å². The maximum atomic E-state index is 12.6. The topological polar surface area (TPSA) is 84.6 Å². The molecule has 0 radical (unpaired) electrons. The first-order valence-electron chi connectivity index (χ1n) is 4.40. The highest BCUT2D eigenvalue weighted by Gasteiger charge is 2.06. The first-order valence-corrected chi connectivity index (χ1v) is 4.40. The summed E-state index contributed by atoms with van der Waals surface area (Å²) < 4.78 is 12.6. The maximum absolute atomic E-state index is 12.6. The molecule has 0 heterocycles. The summed E-state index contributed by atoms with van der Waals surface area (Å²) in [5.74, 6) is -2.48. The molecular weight excluding hydrogens is 213 g/mol. The number of hydrogen-bond acceptors (Lipinski definition) is 3. The van der Waals surface area contributed by atoms with Crippen molar-refractivity contribution in [2.45, 2.75) is 6.92 Å². The predicted molar refractivity (Wildman–Crippen MR) is 55.9 cm³/mol. The van der Waals surface area contributed by atoms with Crippen LogP contribution in [0.5, 0.6) is 0 Å². The highest BCUT2D eigenvalue weighted by Crippen LogP contribution is 2.03. The molecule has 0 atom stereocenters. The van der Waals surface area contributed by atoms with Crippen molar-refractivity contribution in [1.29, 1.82) is 0 Å². The lowest BCUT2D eigenvalue weighted by Gasteiger charge is -2.00. The van der Waals surface area contributed by atoms with E-state index in [4.69, 9.17) is 5.73 Å². The molecule has 84 valence electrons. The van der Waals surface area contributed by atoms with Gasteiger partial charge in [0.1, 0.15) is 5.82 Å². The zero-order valence-corrected chi connectivity index (χ0v) is 8.53. The van der Waals surface area contributed by atoms with E-state index in [1.165, 1.54) is 24.3 Å². The van der Waals surface area contributed by atoms with Gasteiger partial charge in [-0.1, -0.05) is 12.1 Å². The lowest BCUT2D eigenvalue weighted by atomic mass is 10.1. The number of carbonyl (C=O) groups excluding carboxylic acids is 2. The monoisotopic (exact) mass is 223 g/mol. The van der Waals surface area contributed by atoms with E-state index in [9.17, 15) is 14.0 Å². The van der Waals surface area contributed by atoms with Crippen LogP contribution in [0.4, 0.5) is 4.39 Å². The van der Waals surface area contributed by atoms with Crippen LogP contribution in [0.3, 0.4) is 0 Å². The Morgan fingerprint density at radius 1 is 1.31 bits per heavy atom. The van der Waals surface area contributed by atoms with Crippen LogP contribution < -0.4 is 11.2 Å². The standard InChI is InChI=1S/C10H10FN3O2/c1-6(13-14-10(16)9(12)15)7-2-4-8(11)5-3-7/h2-5H,1H3,(H2,12,15)(H,14,16). The van der Waals surface area contributed by atoms with Gasteiger partial charge in [0.25, 0.3) is 0 Å². The molecule has 1 rings (SSSR count). The van der Waals surface area contributed by atoms with Crippen molar-refractivity contribution in [3.8, 4) is 0 Å². The van der Waals surface area contributed by atoms with Crippen LogP contribution in [-0.2, 0) is 9.59 Å². The normalized spacial score (nSPS) is 11.0. The number of amides is 2. The molecule has 1 aromatic carbocycles. The SMILES string of the molecule is CC(=NNC(=O)C(N)=O)c1ccc(F)cc1. The molecule has 0 saturated heterocycles. The molecule has 0 saturated carbocycles. The number of nitrogens with two attached hydrogens (primary N) is 1. The van der Waals surface area contributed by atoms with Gasteiger partial charge >= 0.3 is 11.8 Å². The van der Waals surface area contributed by atoms with Crippen LogP contribution in [0, 0.1) is 5.82 Å². The van der Waals surface area contributed by atoms with E-state index < -0.39 is 11.8 Å². The minimum absolute atomic E-state index is 0.363. The van der Waals surface area contributed by atoms with Gasteiger partial charge in [0.05, 0.1) is 5.71 Å². The Bertz CT molecular complexity index is 440. The first-order chi connectivity index (χ1) is 7.50. The Labute approximate surface area is 91.1 Å². The number of benzene rings is 1. The minimum Gasteiger partial charge on any atom is -0.361 e. The Morgan fingerprint density at radius 2 is 1.88 bits per heavy atom. The Morgan fingerprint density at radius 3 is 2.38 bits per heavy atom. The van der Waals surface area contributed by atoms with Crippen molar-refractivity contribution < 1.29 is 14.0 Å². The summed E-state index contributed by atoms with van der Waals surface area (Å²) in [6.07, 6.45) is 0. The number of primary amides is 1. The lowest BCUT2D eigenvalue weighted by molar-refractivity contribution is -0.137. The van der Waals surface area contributed by atoms with E-state index in [1.807, 2.05) is 5.43 Å². The van der Waals surface area contributed by atoms with Crippen molar-refractivity contribution >= 4 is 17.5 Å². The molecule has 0 aliphatic rings. The van der Waals surface area contributed by atoms with Gasteiger partial charge in [-0.2, -0.15) is 5.10 Å². The van der Waals surface area contributed by atoms with Gasteiger partial charge in [-0.25, -0.2) is 9.82 Å². The average Bonchev–Trinajstić information content (AvgIpc) is 2.26. The lowest BCUT2D eigenvalue weighted by Crippen LogP contribution is -2.33. The number of nitrogens with zero attached hydrogens (tertiary/aromatic N) is 1. The molecule has 16 heavy (non-hydrogen) atoms. The van der Waals surface area contributed by atoms with Gasteiger partial charge in [-0.3, -0.25) is 9.59 Å². The summed E-state index contributed by atoms with van der Waals surface area (Å²) in [5.41, 5.74) is 7.76. The van der Waals surface area contributed by atoms with Crippen LogP contribution in [0.1, 0.15) is 12.5 Å². The molecule has 5 nitrogen and oxygen atoms in total. The highest BCUT2D eigenvalue weighted by molar-refractivity contribution is 6.34. The number of rotatable bonds is 2. The second-order valence-corrected chi connectivity index (χ2v) is 3.01. The summed E-state index contributed by atoms with van der Waals surface area (Å²) in [7, 11) is 0. The molecule has 0 fully saturated rings. The van der Waals surface area contributed by atoms with Crippen molar-refractivity contribution in [1.82, 2.24) is 5.43 Å². The first kappa shape index (κ1) is 11.8. The number of hydrazone groups is 1. The van der Waals surface area contributed by atoms with E-state index in [0.717, 1.165) is 0 Å². The second kappa shape index (κ2) is 5.01. The highest BCUT2D eigenvalue weighted by atomic mass is 19.1. The Balaban J connectivity index is 2.74. The van der Waals surface area contributed by atoms with Crippen molar-refractivity contribution in [2.24, 2.45) is 10.8 Å². The molecule has 0 aliphatic heterocycles. The quantitative estimate of drug-likeness (QED) is 0.425. The van der Waals surface area contributed by atoms with Gasteiger partial charge in [-0.05, 0) is 24.6 Å². The summed E-state index contributed by atoms with van der Waals surface area (Å²) in [6.45, 7) is 1.61. The van der Waals surface area contributed by atoms with E-state index in [2.05, 4.69) is 5.10 Å². The summed E-state index contributed by atoms with van der Waals surface area (Å²) >= 11 is 0. The van der Waals surface area contributed by atoms with Crippen LogP contribution in [-0.4, -0.2) is 17.5 Å². The molecule has 0 spiro atoms. The molecule has 0 aliphatic carbocycles. The van der Waals surface area contributed by atoms with Crippen LogP contribution in [0.15, 0.2) is 29.4 Å². The van der Waals surface area contributed by atoms with Crippen molar-refractivity contribution in [3.63, 3.8) is 0 Å². The minimum atomic E-state index is -1.12. The van der Waals surface area contributed by atoms with Crippen molar-refractivity contribution in [2.75, 3.05) is 0 Å². The smallest absolute Gasteiger partial charge is 0.329 e. The fraction of sp³-hybridized carbons (Fsp3) is 0.100. The summed E-state index contributed by atoms with van der Waals surface area (Å²) in [5, 5.41) is 3.64.